The molecule has 264 valence electrons. The maximum atomic E-state index is 14.0. The van der Waals surface area contributed by atoms with Crippen LogP contribution in [0.5, 0.6) is 5.88 Å². The third-order valence-electron chi connectivity index (χ3n) is 8.10. The lowest BCUT2D eigenvalue weighted by Crippen LogP contribution is -2.38. The summed E-state index contributed by atoms with van der Waals surface area (Å²) in [5.41, 5.74) is 1.21. The molecule has 1 fully saturated rings. The highest BCUT2D eigenvalue weighted by atomic mass is 19.4. The lowest BCUT2D eigenvalue weighted by atomic mass is 9.94. The SMILES string of the molecule is CCOc1ncc(-c2cc(N(C)CC(C)(C)COC)c3[nH]c(-c4cnc(N5CCC(OCC(=O)OC)CC5)cn4)nc3n2)cc1C(F)(F)F. The predicted molar refractivity (Wildman–Crippen MR) is 176 cm³/mol. The number of nitrogens with zero attached hydrogens (tertiary/aromatic N) is 7. The molecule has 16 heteroatoms. The number of alkyl halides is 3. The summed E-state index contributed by atoms with van der Waals surface area (Å²) >= 11 is 0. The Balaban J connectivity index is 1.46. The van der Waals surface area contributed by atoms with E-state index in [0.29, 0.717) is 60.4 Å². The molecule has 1 aliphatic rings. The number of aromatic nitrogens is 6. The van der Waals surface area contributed by atoms with E-state index >= 15 is 0 Å². The number of hydrogen-bond acceptors (Lipinski definition) is 12. The van der Waals surface area contributed by atoms with Gasteiger partial charge in [0.15, 0.2) is 11.5 Å². The molecule has 4 aromatic heterocycles. The summed E-state index contributed by atoms with van der Waals surface area (Å²) in [5.74, 6) is 0.202. The Hall–Kier alpha value is -4.57. The highest BCUT2D eigenvalue weighted by Crippen LogP contribution is 2.39. The first kappa shape index (κ1) is 35.7. The Morgan fingerprint density at radius 1 is 1.04 bits per heavy atom. The summed E-state index contributed by atoms with van der Waals surface area (Å²) in [7, 11) is 4.86. The molecule has 13 nitrogen and oxygen atoms in total. The zero-order valence-corrected chi connectivity index (χ0v) is 28.4. The van der Waals surface area contributed by atoms with Crippen LogP contribution in [0.15, 0.2) is 30.7 Å². The van der Waals surface area contributed by atoms with Crippen LogP contribution in [0.1, 0.15) is 39.2 Å². The topological polar surface area (TPSA) is 141 Å². The zero-order valence-electron chi connectivity index (χ0n) is 28.4. The van der Waals surface area contributed by atoms with Crippen molar-refractivity contribution in [2.24, 2.45) is 5.41 Å². The Kier molecular flexibility index (Phi) is 10.9. The Morgan fingerprint density at radius 2 is 1.80 bits per heavy atom. The fraction of sp³-hybridized carbons (Fsp3) is 0.515. The molecule has 0 saturated carbocycles. The maximum Gasteiger partial charge on any atom is 0.421 e. The van der Waals surface area contributed by atoms with Crippen molar-refractivity contribution in [2.45, 2.75) is 45.9 Å². The monoisotopic (exact) mass is 686 g/mol. The number of anilines is 2. The first-order valence-corrected chi connectivity index (χ1v) is 15.9. The zero-order chi connectivity index (χ0) is 35.3. The number of H-pyrrole nitrogens is 1. The molecule has 49 heavy (non-hydrogen) atoms. The molecule has 1 aliphatic heterocycles. The van der Waals surface area contributed by atoms with Gasteiger partial charge in [-0.25, -0.2) is 29.7 Å². The van der Waals surface area contributed by atoms with E-state index in [1.807, 2.05) is 11.9 Å². The van der Waals surface area contributed by atoms with Crippen molar-refractivity contribution < 1.29 is 36.9 Å². The van der Waals surface area contributed by atoms with Crippen molar-refractivity contribution in [3.05, 3.63) is 36.3 Å². The molecule has 5 heterocycles. The summed E-state index contributed by atoms with van der Waals surface area (Å²) < 4.78 is 62.9. The number of carbonyl (C=O) groups is 1. The van der Waals surface area contributed by atoms with Crippen LogP contribution in [-0.4, -0.2) is 103 Å². The van der Waals surface area contributed by atoms with Gasteiger partial charge in [-0.05, 0) is 31.9 Å². The van der Waals surface area contributed by atoms with Crippen molar-refractivity contribution in [1.82, 2.24) is 29.9 Å². The predicted octanol–water partition coefficient (Wildman–Crippen LogP) is 5.16. The molecule has 1 saturated heterocycles. The second kappa shape index (κ2) is 14.9. The van der Waals surface area contributed by atoms with Gasteiger partial charge < -0.3 is 33.7 Å². The second-order valence-corrected chi connectivity index (χ2v) is 12.6. The average Bonchev–Trinajstić information content (AvgIpc) is 3.51. The Labute approximate surface area is 282 Å². The second-order valence-electron chi connectivity index (χ2n) is 12.6. The quantitative estimate of drug-likeness (QED) is 0.186. The fourth-order valence-corrected chi connectivity index (χ4v) is 5.86. The first-order chi connectivity index (χ1) is 23.3. The molecule has 0 atom stereocenters. The van der Waals surface area contributed by atoms with E-state index in [2.05, 4.69) is 48.4 Å². The van der Waals surface area contributed by atoms with Gasteiger partial charge in [-0.1, -0.05) is 13.8 Å². The minimum atomic E-state index is -4.68. The molecule has 0 aromatic carbocycles. The van der Waals surface area contributed by atoms with Crippen molar-refractivity contribution in [3.63, 3.8) is 0 Å². The molecular formula is C33H41F3N8O5. The van der Waals surface area contributed by atoms with Crippen molar-refractivity contribution in [3.8, 4) is 28.7 Å². The van der Waals surface area contributed by atoms with Gasteiger partial charge in [0.05, 0.1) is 50.2 Å². The number of ether oxygens (including phenoxy) is 4. The third-order valence-corrected chi connectivity index (χ3v) is 8.10. The molecular weight excluding hydrogens is 645 g/mol. The number of hydrogen-bond donors (Lipinski definition) is 1. The van der Waals surface area contributed by atoms with Gasteiger partial charge >= 0.3 is 12.1 Å². The lowest BCUT2D eigenvalue weighted by Gasteiger charge is -2.32. The van der Waals surface area contributed by atoms with Crippen LogP contribution in [0.25, 0.3) is 33.9 Å². The van der Waals surface area contributed by atoms with Crippen LogP contribution in [0.3, 0.4) is 0 Å². The Bertz CT molecular complexity index is 1740. The molecule has 0 radical (unpaired) electrons. The van der Waals surface area contributed by atoms with Gasteiger partial charge in [0.25, 0.3) is 0 Å². The van der Waals surface area contributed by atoms with E-state index in [4.69, 9.17) is 19.2 Å². The van der Waals surface area contributed by atoms with E-state index in [1.165, 1.54) is 13.3 Å². The highest BCUT2D eigenvalue weighted by molar-refractivity contribution is 5.91. The fourth-order valence-electron chi connectivity index (χ4n) is 5.86. The van der Waals surface area contributed by atoms with Crippen LogP contribution >= 0.6 is 0 Å². The van der Waals surface area contributed by atoms with Gasteiger partial charge in [0.2, 0.25) is 5.88 Å². The molecule has 0 aliphatic carbocycles. The number of rotatable bonds is 13. The summed E-state index contributed by atoms with van der Waals surface area (Å²) in [5, 5.41) is 0. The number of carbonyl (C=O) groups excluding carboxylic acids is 1. The van der Waals surface area contributed by atoms with E-state index in [9.17, 15) is 18.0 Å². The maximum absolute atomic E-state index is 14.0. The molecule has 0 spiro atoms. The van der Waals surface area contributed by atoms with Gasteiger partial charge in [-0.15, -0.1) is 0 Å². The summed E-state index contributed by atoms with van der Waals surface area (Å²) in [4.78, 5) is 41.4. The van der Waals surface area contributed by atoms with E-state index < -0.39 is 23.6 Å². The first-order valence-electron chi connectivity index (χ1n) is 15.9. The van der Waals surface area contributed by atoms with E-state index in [0.717, 1.165) is 18.9 Å². The Morgan fingerprint density at radius 3 is 2.43 bits per heavy atom. The number of piperidine rings is 1. The number of imidazole rings is 1. The number of methoxy groups -OCH3 is 2. The normalized spacial score (nSPS) is 14.3. The number of aromatic amines is 1. The number of nitrogens with one attached hydrogen (secondary N) is 1. The molecule has 1 N–H and O–H groups in total. The number of pyridine rings is 2. The number of fused-ring (bicyclic) bond motifs is 1. The van der Waals surface area contributed by atoms with Crippen LogP contribution in [0, 0.1) is 5.41 Å². The minimum absolute atomic E-state index is 0.0394. The van der Waals surface area contributed by atoms with Gasteiger partial charge in [0.1, 0.15) is 29.2 Å². The van der Waals surface area contributed by atoms with Crippen LogP contribution in [0.4, 0.5) is 24.7 Å². The molecule has 0 unspecified atom stereocenters. The van der Waals surface area contributed by atoms with E-state index in [-0.39, 0.29) is 36.0 Å². The summed E-state index contributed by atoms with van der Waals surface area (Å²) in [6.07, 6.45) is 1.33. The third kappa shape index (κ3) is 8.54. The highest BCUT2D eigenvalue weighted by Gasteiger charge is 2.36. The van der Waals surface area contributed by atoms with Crippen molar-refractivity contribution >= 4 is 28.6 Å². The van der Waals surface area contributed by atoms with Gasteiger partial charge in [-0.3, -0.25) is 0 Å². The molecule has 5 rings (SSSR count). The van der Waals surface area contributed by atoms with Crippen molar-refractivity contribution in [2.75, 3.05) is 70.5 Å². The summed E-state index contributed by atoms with van der Waals surface area (Å²) in [6, 6.07) is 2.72. The van der Waals surface area contributed by atoms with Crippen LogP contribution in [-0.2, 0) is 25.2 Å². The molecule has 0 amide bonds. The lowest BCUT2D eigenvalue weighted by molar-refractivity contribution is -0.148. The number of halogens is 3. The largest absolute Gasteiger partial charge is 0.478 e. The smallest absolute Gasteiger partial charge is 0.421 e. The summed E-state index contributed by atoms with van der Waals surface area (Å²) in [6.45, 7) is 8.10. The minimum Gasteiger partial charge on any atom is -0.478 e. The molecule has 4 aromatic rings. The van der Waals surface area contributed by atoms with Crippen molar-refractivity contribution in [1.29, 1.82) is 0 Å². The number of esters is 1. The molecule has 0 bridgehead atoms. The average molecular weight is 687 g/mol. The van der Waals surface area contributed by atoms with E-state index in [1.54, 1.807) is 32.5 Å². The standard InChI is InChI=1S/C33H41F3N8O5/c1-7-48-31-22(33(34,35)36)12-20(14-39-31)23-13-25(43(4)18-32(2,3)19-46-5)28-30(40-23)42-29(41-28)24-15-38-26(16-37-24)44-10-8-21(9-11-44)49-17-27(45)47-6/h12-16,21H,7-11,17-19H2,1-6H3,(H,40,41,42). The van der Waals surface area contributed by atoms with Crippen LogP contribution < -0.4 is 14.5 Å². The van der Waals surface area contributed by atoms with Crippen LogP contribution in [0.2, 0.25) is 0 Å². The van der Waals surface area contributed by atoms with Gasteiger partial charge in [0, 0.05) is 51.0 Å². The van der Waals surface area contributed by atoms with Gasteiger partial charge in [-0.2, -0.15) is 13.2 Å².